The maximum atomic E-state index is 13.8. The molecule has 1 aromatic rings. The Morgan fingerprint density at radius 1 is 1.45 bits per heavy atom. The molecule has 2 rings (SSSR count). The molecule has 0 aliphatic carbocycles. The van der Waals surface area contributed by atoms with Gasteiger partial charge in [-0.05, 0) is 50.0 Å². The molecule has 1 unspecified atom stereocenters. The van der Waals surface area contributed by atoms with E-state index in [1.807, 2.05) is 6.07 Å². The topological polar surface area (TPSA) is 35.5 Å². The lowest BCUT2D eigenvalue weighted by Crippen LogP contribution is -2.39. The summed E-state index contributed by atoms with van der Waals surface area (Å²) in [6, 6.07) is 5.01. The van der Waals surface area contributed by atoms with Gasteiger partial charge in [0.05, 0.1) is 6.61 Å². The van der Waals surface area contributed by atoms with Crippen LogP contribution in [0, 0.1) is 11.7 Å². The van der Waals surface area contributed by atoms with Crippen molar-refractivity contribution in [3.05, 3.63) is 34.1 Å². The standard InChI is InChI=1S/C15H22BrFN2O/c16-14-3-4-15(17)13(8-14)11-19(6-7-20)10-12-2-1-5-18-9-12/h3-4,8,12,18,20H,1-2,5-7,9-11H2. The van der Waals surface area contributed by atoms with Crippen LogP contribution in [-0.4, -0.2) is 42.8 Å². The summed E-state index contributed by atoms with van der Waals surface area (Å²) in [5.74, 6) is 0.406. The first kappa shape index (κ1) is 15.9. The summed E-state index contributed by atoms with van der Waals surface area (Å²) in [7, 11) is 0. The summed E-state index contributed by atoms with van der Waals surface area (Å²) in [5, 5.41) is 12.6. The van der Waals surface area contributed by atoms with Crippen LogP contribution in [-0.2, 0) is 6.54 Å². The van der Waals surface area contributed by atoms with Crippen LogP contribution < -0.4 is 5.32 Å². The van der Waals surface area contributed by atoms with Gasteiger partial charge in [0.25, 0.3) is 0 Å². The quantitative estimate of drug-likeness (QED) is 0.831. The van der Waals surface area contributed by atoms with Gasteiger partial charge < -0.3 is 10.4 Å². The second kappa shape index (κ2) is 8.08. The number of piperidine rings is 1. The van der Waals surface area contributed by atoms with Gasteiger partial charge in [0.1, 0.15) is 5.82 Å². The first-order valence-electron chi connectivity index (χ1n) is 7.17. The van der Waals surface area contributed by atoms with Crippen molar-refractivity contribution >= 4 is 15.9 Å². The smallest absolute Gasteiger partial charge is 0.127 e. The normalized spacial score (nSPS) is 19.5. The fraction of sp³-hybridized carbons (Fsp3) is 0.600. The molecule has 0 aromatic heterocycles. The van der Waals surface area contributed by atoms with Gasteiger partial charge in [-0.15, -0.1) is 0 Å². The van der Waals surface area contributed by atoms with Crippen LogP contribution in [0.4, 0.5) is 4.39 Å². The van der Waals surface area contributed by atoms with Crippen molar-refractivity contribution in [2.75, 3.05) is 32.8 Å². The van der Waals surface area contributed by atoms with Crippen LogP contribution in [0.5, 0.6) is 0 Å². The molecular formula is C15H22BrFN2O. The lowest BCUT2D eigenvalue weighted by atomic mass is 9.99. The van der Waals surface area contributed by atoms with Gasteiger partial charge in [0.2, 0.25) is 0 Å². The van der Waals surface area contributed by atoms with E-state index >= 15 is 0 Å². The average molecular weight is 345 g/mol. The van der Waals surface area contributed by atoms with E-state index in [0.717, 1.165) is 24.1 Å². The number of hydrogen-bond acceptors (Lipinski definition) is 3. The Kier molecular flexibility index (Phi) is 6.42. The van der Waals surface area contributed by atoms with Crippen LogP contribution in [0.2, 0.25) is 0 Å². The fourth-order valence-electron chi connectivity index (χ4n) is 2.73. The molecule has 1 aromatic carbocycles. The minimum atomic E-state index is -0.182. The van der Waals surface area contributed by atoms with Gasteiger partial charge >= 0.3 is 0 Å². The van der Waals surface area contributed by atoms with Crippen molar-refractivity contribution in [1.82, 2.24) is 10.2 Å². The number of hydrogen-bond donors (Lipinski definition) is 2. The molecule has 3 nitrogen and oxygen atoms in total. The molecular weight excluding hydrogens is 323 g/mol. The Bertz CT molecular complexity index is 424. The number of rotatable bonds is 6. The van der Waals surface area contributed by atoms with E-state index in [0.29, 0.717) is 24.6 Å². The number of aliphatic hydroxyl groups excluding tert-OH is 1. The van der Waals surface area contributed by atoms with E-state index in [1.54, 1.807) is 6.07 Å². The first-order valence-corrected chi connectivity index (χ1v) is 7.96. The SMILES string of the molecule is OCCN(Cc1cc(Br)ccc1F)CC1CCCNC1. The van der Waals surface area contributed by atoms with Crippen LogP contribution in [0.15, 0.2) is 22.7 Å². The number of nitrogens with one attached hydrogen (secondary N) is 1. The van der Waals surface area contributed by atoms with E-state index in [2.05, 4.69) is 26.1 Å². The maximum absolute atomic E-state index is 13.8. The summed E-state index contributed by atoms with van der Waals surface area (Å²) in [6.07, 6.45) is 2.40. The number of aliphatic hydroxyl groups is 1. The molecule has 1 fully saturated rings. The molecule has 1 heterocycles. The second-order valence-electron chi connectivity index (χ2n) is 5.41. The molecule has 0 amide bonds. The van der Waals surface area contributed by atoms with Crippen LogP contribution in [0.1, 0.15) is 18.4 Å². The largest absolute Gasteiger partial charge is 0.395 e. The molecule has 0 bridgehead atoms. The second-order valence-corrected chi connectivity index (χ2v) is 6.32. The Morgan fingerprint density at radius 2 is 2.30 bits per heavy atom. The Labute approximate surface area is 128 Å². The van der Waals surface area contributed by atoms with Crippen molar-refractivity contribution in [3.63, 3.8) is 0 Å². The zero-order valence-corrected chi connectivity index (χ0v) is 13.2. The number of benzene rings is 1. The monoisotopic (exact) mass is 344 g/mol. The highest BCUT2D eigenvalue weighted by Crippen LogP contribution is 2.19. The number of nitrogens with zero attached hydrogens (tertiary/aromatic N) is 1. The third kappa shape index (κ3) is 4.81. The molecule has 2 N–H and O–H groups in total. The Morgan fingerprint density at radius 3 is 3.00 bits per heavy atom. The minimum Gasteiger partial charge on any atom is -0.395 e. The van der Waals surface area contributed by atoms with Crippen LogP contribution in [0.3, 0.4) is 0 Å². The van der Waals surface area contributed by atoms with Gasteiger partial charge in [-0.2, -0.15) is 0 Å². The summed E-state index contributed by atoms with van der Waals surface area (Å²) < 4.78 is 14.7. The van der Waals surface area contributed by atoms with Crippen molar-refractivity contribution in [2.45, 2.75) is 19.4 Å². The molecule has 5 heteroatoms. The fourth-order valence-corrected chi connectivity index (χ4v) is 3.14. The molecule has 0 saturated carbocycles. The van der Waals surface area contributed by atoms with Gasteiger partial charge in [-0.3, -0.25) is 4.90 Å². The van der Waals surface area contributed by atoms with Crippen molar-refractivity contribution in [1.29, 1.82) is 0 Å². The minimum absolute atomic E-state index is 0.107. The highest BCUT2D eigenvalue weighted by molar-refractivity contribution is 9.10. The molecule has 112 valence electrons. The van der Waals surface area contributed by atoms with E-state index in [4.69, 9.17) is 0 Å². The molecule has 0 spiro atoms. The summed E-state index contributed by atoms with van der Waals surface area (Å²) in [6.45, 7) is 4.25. The van der Waals surface area contributed by atoms with E-state index in [1.165, 1.54) is 18.9 Å². The zero-order chi connectivity index (χ0) is 14.4. The van der Waals surface area contributed by atoms with E-state index in [-0.39, 0.29) is 12.4 Å². The Hall–Kier alpha value is -0.490. The lowest BCUT2D eigenvalue weighted by molar-refractivity contribution is 0.157. The summed E-state index contributed by atoms with van der Waals surface area (Å²) >= 11 is 3.38. The van der Waals surface area contributed by atoms with Crippen LogP contribution >= 0.6 is 15.9 Å². The third-order valence-corrected chi connectivity index (χ3v) is 4.23. The summed E-state index contributed by atoms with van der Waals surface area (Å²) in [4.78, 5) is 2.14. The van der Waals surface area contributed by atoms with Gasteiger partial charge in [0.15, 0.2) is 0 Å². The van der Waals surface area contributed by atoms with Crippen LogP contribution in [0.25, 0.3) is 0 Å². The molecule has 20 heavy (non-hydrogen) atoms. The van der Waals surface area contributed by atoms with E-state index in [9.17, 15) is 9.50 Å². The molecule has 1 aliphatic rings. The zero-order valence-electron chi connectivity index (χ0n) is 11.6. The molecule has 1 atom stereocenters. The van der Waals surface area contributed by atoms with E-state index < -0.39 is 0 Å². The summed E-state index contributed by atoms with van der Waals surface area (Å²) in [5.41, 5.74) is 0.677. The highest BCUT2D eigenvalue weighted by atomic mass is 79.9. The molecule has 0 radical (unpaired) electrons. The molecule has 1 saturated heterocycles. The van der Waals surface area contributed by atoms with Gasteiger partial charge in [0, 0.05) is 29.7 Å². The predicted octanol–water partition coefficient (Wildman–Crippen LogP) is 2.38. The first-order chi connectivity index (χ1) is 9.69. The Balaban J connectivity index is 1.98. The van der Waals surface area contributed by atoms with Gasteiger partial charge in [-0.25, -0.2) is 4.39 Å². The van der Waals surface area contributed by atoms with Gasteiger partial charge in [-0.1, -0.05) is 15.9 Å². The average Bonchev–Trinajstić information content (AvgIpc) is 2.44. The number of halogens is 2. The predicted molar refractivity (Wildman–Crippen MR) is 82.1 cm³/mol. The van der Waals surface area contributed by atoms with Crippen molar-refractivity contribution < 1.29 is 9.50 Å². The third-order valence-electron chi connectivity index (χ3n) is 3.73. The van der Waals surface area contributed by atoms with Crippen molar-refractivity contribution in [2.24, 2.45) is 5.92 Å². The highest BCUT2D eigenvalue weighted by Gasteiger charge is 2.18. The lowest BCUT2D eigenvalue weighted by Gasteiger charge is -2.30. The molecule has 1 aliphatic heterocycles. The maximum Gasteiger partial charge on any atom is 0.127 e. The van der Waals surface area contributed by atoms with Crippen molar-refractivity contribution in [3.8, 4) is 0 Å².